The average Bonchev–Trinajstić information content (AvgIpc) is 3.33. The SMILES string of the molecule is CCOC(=O)[C@H]1[C@H](C(F)(F)F)N[C@@]2(C(=O)N(C)c3ccccc32)[C@]12C(=O)N(C)c1ccc(Br)cc12. The van der Waals surface area contributed by atoms with Gasteiger partial charge in [0.25, 0.3) is 5.91 Å². The molecule has 2 aromatic carbocycles. The molecule has 3 heterocycles. The van der Waals surface area contributed by atoms with Crippen LogP contribution in [0.15, 0.2) is 46.9 Å². The van der Waals surface area contributed by atoms with E-state index < -0.39 is 46.9 Å². The van der Waals surface area contributed by atoms with Crippen LogP contribution in [0.2, 0.25) is 0 Å². The first-order valence-electron chi connectivity index (χ1n) is 10.9. The van der Waals surface area contributed by atoms with E-state index in [-0.39, 0.29) is 17.7 Å². The minimum Gasteiger partial charge on any atom is -0.466 e. The fourth-order valence-corrected chi connectivity index (χ4v) is 6.44. The van der Waals surface area contributed by atoms with Crippen LogP contribution in [0, 0.1) is 5.92 Å². The van der Waals surface area contributed by atoms with Crippen LogP contribution in [0.1, 0.15) is 18.1 Å². The Morgan fingerprint density at radius 1 is 1.06 bits per heavy atom. The molecule has 184 valence electrons. The first-order chi connectivity index (χ1) is 16.4. The first-order valence-corrected chi connectivity index (χ1v) is 11.7. The third kappa shape index (κ3) is 2.73. The molecule has 2 spiro atoms. The van der Waals surface area contributed by atoms with E-state index in [9.17, 15) is 27.6 Å². The molecule has 3 aliphatic heterocycles. The summed E-state index contributed by atoms with van der Waals surface area (Å²) in [5, 5.41) is 2.50. The standard InChI is InChI=1S/C24H21BrF3N3O4/c1-4-35-19(32)17-18(24(26,27)28)29-23(13-7-5-6-8-15(13)31(3)21(23)34)22(17)14-11-12(25)9-10-16(14)30(2)20(22)33/h5-11,17-18,29H,4H2,1-3H3/t17-,18-,22+,23+/m1/s1. The molecular weight excluding hydrogens is 531 g/mol. The van der Waals surface area contributed by atoms with Crippen LogP contribution in [0.3, 0.4) is 0 Å². The number of benzene rings is 2. The number of rotatable bonds is 2. The van der Waals surface area contributed by atoms with Crippen molar-refractivity contribution in [1.82, 2.24) is 5.32 Å². The normalized spacial score (nSPS) is 29.3. The molecule has 0 aliphatic carbocycles. The van der Waals surface area contributed by atoms with Gasteiger partial charge in [0.05, 0.1) is 6.61 Å². The maximum atomic E-state index is 14.6. The molecule has 0 radical (unpaired) electrons. The van der Waals surface area contributed by atoms with Crippen molar-refractivity contribution >= 4 is 45.1 Å². The number of nitrogens with one attached hydrogen (secondary N) is 1. The fourth-order valence-electron chi connectivity index (χ4n) is 6.08. The zero-order chi connectivity index (χ0) is 25.5. The number of anilines is 2. The van der Waals surface area contributed by atoms with Gasteiger partial charge in [0.15, 0.2) is 0 Å². The molecule has 0 saturated carbocycles. The van der Waals surface area contributed by atoms with Gasteiger partial charge in [-0.25, -0.2) is 0 Å². The predicted molar refractivity (Wildman–Crippen MR) is 124 cm³/mol. The summed E-state index contributed by atoms with van der Waals surface area (Å²) >= 11 is 3.35. The summed E-state index contributed by atoms with van der Waals surface area (Å²) < 4.78 is 49.5. The monoisotopic (exact) mass is 551 g/mol. The van der Waals surface area contributed by atoms with Gasteiger partial charge in [-0.15, -0.1) is 0 Å². The summed E-state index contributed by atoms with van der Waals surface area (Å²) in [6.07, 6.45) is -4.97. The maximum absolute atomic E-state index is 14.6. The van der Waals surface area contributed by atoms with E-state index in [1.807, 2.05) is 0 Å². The molecule has 3 aliphatic rings. The third-order valence-electron chi connectivity index (χ3n) is 7.34. The van der Waals surface area contributed by atoms with E-state index in [0.29, 0.717) is 15.8 Å². The Morgan fingerprint density at radius 3 is 2.34 bits per heavy atom. The van der Waals surface area contributed by atoms with Gasteiger partial charge in [0, 0.05) is 35.5 Å². The lowest BCUT2D eigenvalue weighted by molar-refractivity contribution is -0.179. The highest BCUT2D eigenvalue weighted by Crippen LogP contribution is 2.65. The van der Waals surface area contributed by atoms with Crippen molar-refractivity contribution in [2.24, 2.45) is 5.92 Å². The lowest BCUT2D eigenvalue weighted by atomic mass is 9.59. The first kappa shape index (κ1) is 23.8. The summed E-state index contributed by atoms with van der Waals surface area (Å²) in [7, 11) is 2.87. The van der Waals surface area contributed by atoms with Gasteiger partial charge in [-0.1, -0.05) is 34.1 Å². The van der Waals surface area contributed by atoms with E-state index in [1.165, 1.54) is 43.0 Å². The van der Waals surface area contributed by atoms with Gasteiger partial charge < -0.3 is 14.5 Å². The molecule has 7 nitrogen and oxygen atoms in total. The number of amides is 2. The van der Waals surface area contributed by atoms with E-state index in [0.717, 1.165) is 0 Å². The number of nitrogens with zero attached hydrogens (tertiary/aromatic N) is 2. The number of carbonyl (C=O) groups excluding carboxylic acids is 3. The Hall–Kier alpha value is -2.92. The topological polar surface area (TPSA) is 79.0 Å². The number of alkyl halides is 3. The molecule has 4 atom stereocenters. The third-order valence-corrected chi connectivity index (χ3v) is 7.83. The van der Waals surface area contributed by atoms with E-state index >= 15 is 0 Å². The molecule has 1 fully saturated rings. The van der Waals surface area contributed by atoms with Gasteiger partial charge in [0.2, 0.25) is 5.91 Å². The summed E-state index contributed by atoms with van der Waals surface area (Å²) in [6, 6.07) is 8.59. The molecular formula is C24H21BrF3N3O4. The number of likely N-dealkylation sites (N-methyl/N-ethyl adjacent to an activating group) is 2. The molecule has 1 N–H and O–H groups in total. The molecule has 35 heavy (non-hydrogen) atoms. The van der Waals surface area contributed by atoms with Crippen molar-refractivity contribution in [2.75, 3.05) is 30.5 Å². The second-order valence-electron chi connectivity index (χ2n) is 8.86. The molecule has 11 heteroatoms. The molecule has 1 saturated heterocycles. The molecule has 0 bridgehead atoms. The van der Waals surface area contributed by atoms with Crippen molar-refractivity contribution < 1.29 is 32.3 Å². The zero-order valence-electron chi connectivity index (χ0n) is 18.9. The van der Waals surface area contributed by atoms with E-state index in [2.05, 4.69) is 21.2 Å². The van der Waals surface area contributed by atoms with Crippen LogP contribution in [0.25, 0.3) is 0 Å². The number of hydrogen-bond acceptors (Lipinski definition) is 5. The average molecular weight is 552 g/mol. The molecule has 0 unspecified atom stereocenters. The minimum atomic E-state index is -4.97. The number of ether oxygens (including phenoxy) is 1. The molecule has 2 aromatic rings. The van der Waals surface area contributed by atoms with E-state index in [1.54, 1.807) is 30.3 Å². The van der Waals surface area contributed by atoms with Crippen molar-refractivity contribution in [3.63, 3.8) is 0 Å². The van der Waals surface area contributed by atoms with Crippen molar-refractivity contribution in [3.05, 3.63) is 58.1 Å². The van der Waals surface area contributed by atoms with Crippen LogP contribution in [0.5, 0.6) is 0 Å². The Balaban J connectivity index is 1.97. The predicted octanol–water partition coefficient (Wildman–Crippen LogP) is 3.25. The number of para-hydroxylation sites is 1. The van der Waals surface area contributed by atoms with E-state index in [4.69, 9.17) is 4.74 Å². The Morgan fingerprint density at radius 2 is 1.69 bits per heavy atom. The van der Waals surface area contributed by atoms with Gasteiger partial charge in [-0.3, -0.25) is 19.7 Å². The number of carbonyl (C=O) groups is 3. The number of hydrogen-bond donors (Lipinski definition) is 1. The van der Waals surface area contributed by atoms with Gasteiger partial charge in [-0.2, -0.15) is 13.2 Å². The number of esters is 1. The van der Waals surface area contributed by atoms with Crippen LogP contribution >= 0.6 is 15.9 Å². The lowest BCUT2D eigenvalue weighted by Crippen LogP contribution is -2.63. The maximum Gasteiger partial charge on any atom is 0.404 e. The highest BCUT2D eigenvalue weighted by molar-refractivity contribution is 9.10. The number of fused-ring (bicyclic) bond motifs is 5. The lowest BCUT2D eigenvalue weighted by Gasteiger charge is -2.40. The highest BCUT2D eigenvalue weighted by Gasteiger charge is 2.82. The second-order valence-corrected chi connectivity index (χ2v) is 9.77. The minimum absolute atomic E-state index is 0.148. The van der Waals surface area contributed by atoms with Crippen LogP contribution in [-0.4, -0.2) is 50.7 Å². The smallest absolute Gasteiger partial charge is 0.404 e. The van der Waals surface area contributed by atoms with Gasteiger partial charge in [0.1, 0.15) is 22.9 Å². The summed E-state index contributed by atoms with van der Waals surface area (Å²) in [6.45, 7) is 1.28. The summed E-state index contributed by atoms with van der Waals surface area (Å²) in [4.78, 5) is 44.1. The summed E-state index contributed by atoms with van der Waals surface area (Å²) in [5.41, 5.74) is -3.44. The highest BCUT2D eigenvalue weighted by atomic mass is 79.9. The zero-order valence-corrected chi connectivity index (χ0v) is 20.5. The van der Waals surface area contributed by atoms with Crippen LogP contribution < -0.4 is 15.1 Å². The van der Waals surface area contributed by atoms with Crippen LogP contribution in [-0.2, 0) is 30.1 Å². The van der Waals surface area contributed by atoms with Crippen molar-refractivity contribution in [3.8, 4) is 0 Å². The summed E-state index contributed by atoms with van der Waals surface area (Å²) in [5.74, 6) is -4.80. The molecule has 5 rings (SSSR count). The second kappa shape index (κ2) is 7.54. The Bertz CT molecular complexity index is 1280. The van der Waals surface area contributed by atoms with Gasteiger partial charge >= 0.3 is 12.1 Å². The Kier molecular flexibility index (Phi) is 5.13. The Labute approximate surface area is 207 Å². The quantitative estimate of drug-likeness (QED) is 0.580. The van der Waals surface area contributed by atoms with Gasteiger partial charge in [-0.05, 0) is 36.8 Å². The van der Waals surface area contributed by atoms with Crippen molar-refractivity contribution in [1.29, 1.82) is 0 Å². The number of halogens is 4. The van der Waals surface area contributed by atoms with Crippen LogP contribution in [0.4, 0.5) is 24.5 Å². The fraction of sp³-hybridized carbons (Fsp3) is 0.375. The largest absolute Gasteiger partial charge is 0.466 e. The van der Waals surface area contributed by atoms with Crippen molar-refractivity contribution in [2.45, 2.75) is 30.1 Å². The molecule has 0 aromatic heterocycles. The molecule has 2 amide bonds.